The molecule has 96 valence electrons. The van der Waals surface area contributed by atoms with Gasteiger partial charge < -0.3 is 9.84 Å². The fraction of sp³-hybridized carbons (Fsp3) is 0.400. The van der Waals surface area contributed by atoms with Gasteiger partial charge >= 0.3 is 11.7 Å². The first-order chi connectivity index (χ1) is 8.45. The maximum atomic E-state index is 11.9. The SMILES string of the molecule is COC(=O)C(C)(O)Cn1nc2cnccn2c1=O. The van der Waals surface area contributed by atoms with Crippen LogP contribution in [0.25, 0.3) is 5.65 Å². The van der Waals surface area contributed by atoms with Gasteiger partial charge in [-0.05, 0) is 6.92 Å². The minimum absolute atomic E-state index is 0.291. The average molecular weight is 252 g/mol. The highest BCUT2D eigenvalue weighted by molar-refractivity contribution is 5.78. The van der Waals surface area contributed by atoms with E-state index in [9.17, 15) is 14.7 Å². The maximum absolute atomic E-state index is 11.9. The zero-order valence-electron chi connectivity index (χ0n) is 9.90. The van der Waals surface area contributed by atoms with E-state index < -0.39 is 17.3 Å². The number of hydrogen-bond donors (Lipinski definition) is 1. The van der Waals surface area contributed by atoms with Gasteiger partial charge in [0.15, 0.2) is 11.2 Å². The molecule has 8 heteroatoms. The molecule has 0 spiro atoms. The second-order valence-corrected chi connectivity index (χ2v) is 4.01. The van der Waals surface area contributed by atoms with E-state index in [0.717, 1.165) is 11.8 Å². The van der Waals surface area contributed by atoms with Crippen molar-refractivity contribution in [2.24, 2.45) is 0 Å². The third kappa shape index (κ3) is 1.97. The van der Waals surface area contributed by atoms with Crippen molar-refractivity contribution >= 4 is 11.6 Å². The molecule has 0 amide bonds. The Morgan fingerprint density at radius 1 is 1.61 bits per heavy atom. The summed E-state index contributed by atoms with van der Waals surface area (Å²) >= 11 is 0. The lowest BCUT2D eigenvalue weighted by atomic mass is 10.1. The highest BCUT2D eigenvalue weighted by Gasteiger charge is 2.33. The predicted molar refractivity (Wildman–Crippen MR) is 59.9 cm³/mol. The summed E-state index contributed by atoms with van der Waals surface area (Å²) in [7, 11) is 1.16. The van der Waals surface area contributed by atoms with Crippen molar-refractivity contribution in [3.63, 3.8) is 0 Å². The van der Waals surface area contributed by atoms with Gasteiger partial charge in [0.2, 0.25) is 0 Å². The Labute approximate surface area is 101 Å². The second kappa shape index (κ2) is 4.22. The highest BCUT2D eigenvalue weighted by atomic mass is 16.5. The molecular formula is C10H12N4O4. The van der Waals surface area contributed by atoms with Crippen molar-refractivity contribution in [3.05, 3.63) is 29.1 Å². The van der Waals surface area contributed by atoms with Crippen molar-refractivity contribution in [2.45, 2.75) is 19.1 Å². The van der Waals surface area contributed by atoms with Crippen molar-refractivity contribution in [2.75, 3.05) is 7.11 Å². The van der Waals surface area contributed by atoms with E-state index in [1.54, 1.807) is 0 Å². The van der Waals surface area contributed by atoms with Crippen molar-refractivity contribution in [1.29, 1.82) is 0 Å². The smallest absolute Gasteiger partial charge is 0.350 e. The number of carbonyl (C=O) groups is 1. The second-order valence-electron chi connectivity index (χ2n) is 4.01. The van der Waals surface area contributed by atoms with Gasteiger partial charge in [-0.1, -0.05) is 0 Å². The summed E-state index contributed by atoms with van der Waals surface area (Å²) in [5.41, 5.74) is -1.94. The van der Waals surface area contributed by atoms with Crippen molar-refractivity contribution in [1.82, 2.24) is 19.2 Å². The van der Waals surface area contributed by atoms with Crippen LogP contribution < -0.4 is 5.69 Å². The normalized spacial score (nSPS) is 14.4. The first-order valence-corrected chi connectivity index (χ1v) is 5.16. The van der Waals surface area contributed by atoms with E-state index >= 15 is 0 Å². The number of fused-ring (bicyclic) bond motifs is 1. The van der Waals surface area contributed by atoms with Gasteiger partial charge in [0, 0.05) is 12.4 Å². The molecule has 18 heavy (non-hydrogen) atoms. The molecule has 0 aromatic carbocycles. The molecule has 2 heterocycles. The number of nitrogens with zero attached hydrogens (tertiary/aromatic N) is 4. The van der Waals surface area contributed by atoms with E-state index in [0.29, 0.717) is 5.65 Å². The molecule has 0 bridgehead atoms. The molecule has 2 aromatic heterocycles. The summed E-state index contributed by atoms with van der Waals surface area (Å²) in [6.07, 6.45) is 4.30. The van der Waals surface area contributed by atoms with Gasteiger partial charge in [0.25, 0.3) is 0 Å². The average Bonchev–Trinajstić information content (AvgIpc) is 2.65. The lowest BCUT2D eigenvalue weighted by molar-refractivity contribution is -0.162. The van der Waals surface area contributed by atoms with Gasteiger partial charge in [-0.2, -0.15) is 0 Å². The number of rotatable bonds is 3. The molecule has 0 fully saturated rings. The van der Waals surface area contributed by atoms with Crippen LogP contribution in [0.1, 0.15) is 6.92 Å². The summed E-state index contributed by atoms with van der Waals surface area (Å²) in [5.74, 6) is -0.829. The molecule has 2 aromatic rings. The van der Waals surface area contributed by atoms with Crippen LogP contribution in [0.15, 0.2) is 23.4 Å². The molecule has 1 N–H and O–H groups in total. The third-order valence-electron chi connectivity index (χ3n) is 2.47. The first-order valence-electron chi connectivity index (χ1n) is 5.16. The molecule has 2 rings (SSSR count). The molecule has 1 atom stereocenters. The zero-order chi connectivity index (χ0) is 13.3. The highest BCUT2D eigenvalue weighted by Crippen LogP contribution is 2.08. The van der Waals surface area contributed by atoms with Gasteiger partial charge in [0.05, 0.1) is 19.9 Å². The fourth-order valence-corrected chi connectivity index (χ4v) is 1.56. The Bertz CT molecular complexity index is 643. The van der Waals surface area contributed by atoms with E-state index in [4.69, 9.17) is 0 Å². The molecule has 8 nitrogen and oxygen atoms in total. The Kier molecular flexibility index (Phi) is 2.87. The van der Waals surface area contributed by atoms with Gasteiger partial charge in [-0.3, -0.25) is 4.98 Å². The Morgan fingerprint density at radius 3 is 2.94 bits per heavy atom. The van der Waals surface area contributed by atoms with Crippen LogP contribution in [0.4, 0.5) is 0 Å². The van der Waals surface area contributed by atoms with Crippen molar-refractivity contribution < 1.29 is 14.6 Å². The molecule has 0 aliphatic carbocycles. The quantitative estimate of drug-likeness (QED) is 0.690. The Hall–Kier alpha value is -2.22. The maximum Gasteiger partial charge on any atom is 0.350 e. The summed E-state index contributed by atoms with van der Waals surface area (Å²) in [6.45, 7) is 0.966. The van der Waals surface area contributed by atoms with Crippen LogP contribution in [0.3, 0.4) is 0 Å². The minimum Gasteiger partial charge on any atom is -0.467 e. The molecule has 0 saturated carbocycles. The van der Waals surface area contributed by atoms with Gasteiger partial charge in [-0.25, -0.2) is 18.7 Å². The predicted octanol–water partition coefficient (Wildman–Crippen LogP) is -1.19. The topological polar surface area (TPSA) is 98.7 Å². The number of ether oxygens (including phenoxy) is 1. The lowest BCUT2D eigenvalue weighted by Gasteiger charge is -2.18. The monoisotopic (exact) mass is 252 g/mol. The molecule has 0 aliphatic heterocycles. The van der Waals surface area contributed by atoms with E-state index in [2.05, 4.69) is 14.8 Å². The first kappa shape index (κ1) is 12.2. The van der Waals surface area contributed by atoms with Crippen LogP contribution in [-0.2, 0) is 16.1 Å². The van der Waals surface area contributed by atoms with Crippen LogP contribution in [0.2, 0.25) is 0 Å². The largest absolute Gasteiger partial charge is 0.467 e. The molecule has 1 unspecified atom stereocenters. The van der Waals surface area contributed by atoms with Crippen LogP contribution in [-0.4, -0.2) is 43.0 Å². The lowest BCUT2D eigenvalue weighted by Crippen LogP contribution is -2.43. The summed E-state index contributed by atoms with van der Waals surface area (Å²) in [4.78, 5) is 27.0. The summed E-state index contributed by atoms with van der Waals surface area (Å²) in [6, 6.07) is 0. The van der Waals surface area contributed by atoms with Crippen molar-refractivity contribution in [3.8, 4) is 0 Å². The molecule has 0 radical (unpaired) electrons. The number of aromatic nitrogens is 4. The van der Waals surface area contributed by atoms with Crippen LogP contribution in [0, 0.1) is 0 Å². The molecule has 0 saturated heterocycles. The summed E-state index contributed by atoms with van der Waals surface area (Å²) < 4.78 is 6.71. The number of methoxy groups -OCH3 is 1. The van der Waals surface area contributed by atoms with E-state index in [1.807, 2.05) is 0 Å². The minimum atomic E-state index is -1.82. The number of carbonyl (C=O) groups excluding carboxylic acids is 1. The van der Waals surface area contributed by atoms with E-state index in [1.165, 1.54) is 29.9 Å². The zero-order valence-corrected chi connectivity index (χ0v) is 9.90. The van der Waals surface area contributed by atoms with E-state index in [-0.39, 0.29) is 6.54 Å². The van der Waals surface area contributed by atoms with Gasteiger partial charge in [0.1, 0.15) is 0 Å². The number of hydrogen-bond acceptors (Lipinski definition) is 6. The number of aliphatic hydroxyl groups is 1. The molecule has 0 aliphatic rings. The van der Waals surface area contributed by atoms with Crippen LogP contribution >= 0.6 is 0 Å². The molecular weight excluding hydrogens is 240 g/mol. The number of esters is 1. The summed E-state index contributed by atoms with van der Waals surface area (Å²) in [5, 5.41) is 13.8. The van der Waals surface area contributed by atoms with Crippen LogP contribution in [0.5, 0.6) is 0 Å². The standard InChI is InChI=1S/C10H12N4O4/c1-10(17,8(15)18-2)6-14-9(16)13-4-3-11-5-7(13)12-14/h3-5,17H,6H2,1-2H3. The Morgan fingerprint density at radius 2 is 2.33 bits per heavy atom. The fourth-order valence-electron chi connectivity index (χ4n) is 1.56. The van der Waals surface area contributed by atoms with Gasteiger partial charge in [-0.15, -0.1) is 5.10 Å². The Balaban J connectivity index is 2.41. The third-order valence-corrected chi connectivity index (χ3v) is 2.47.